The Morgan fingerprint density at radius 2 is 2.12 bits per heavy atom. The lowest BCUT2D eigenvalue weighted by molar-refractivity contribution is -0.145. The minimum absolute atomic E-state index is 0.0723. The fraction of sp³-hybridized carbons (Fsp3) is 0.647. The molecule has 1 aliphatic heterocycles. The van der Waals surface area contributed by atoms with Gasteiger partial charge in [-0.25, -0.2) is 4.98 Å². The summed E-state index contributed by atoms with van der Waals surface area (Å²) in [6.45, 7) is 3.33. The molecule has 4 rings (SSSR count). The minimum atomic E-state index is -0.277. The molecule has 0 bridgehead atoms. The SMILES string of the molecule is CCOC(=O)[C@@H]1[C@@H]2CCN(C(=O)c3cc(=O)[nH]c(C4CC4)n3)C[C@@H]21. The lowest BCUT2D eigenvalue weighted by atomic mass is 10.1. The topological polar surface area (TPSA) is 92.4 Å². The first-order chi connectivity index (χ1) is 11.6. The number of amides is 1. The van der Waals surface area contributed by atoms with Crippen molar-refractivity contribution in [2.24, 2.45) is 17.8 Å². The van der Waals surface area contributed by atoms with Gasteiger partial charge >= 0.3 is 5.97 Å². The molecule has 2 saturated carbocycles. The number of aromatic nitrogens is 2. The number of fused-ring (bicyclic) bond motifs is 1. The van der Waals surface area contributed by atoms with Crippen LogP contribution in [-0.2, 0) is 9.53 Å². The van der Waals surface area contributed by atoms with Gasteiger partial charge < -0.3 is 14.6 Å². The van der Waals surface area contributed by atoms with Crippen LogP contribution in [0.3, 0.4) is 0 Å². The minimum Gasteiger partial charge on any atom is -0.466 e. The number of ether oxygens (including phenoxy) is 1. The van der Waals surface area contributed by atoms with Gasteiger partial charge in [0.25, 0.3) is 11.5 Å². The maximum Gasteiger partial charge on any atom is 0.309 e. The molecular formula is C17H21N3O4. The highest BCUT2D eigenvalue weighted by Gasteiger charge is 2.58. The van der Waals surface area contributed by atoms with Gasteiger partial charge in [0.15, 0.2) is 0 Å². The highest BCUT2D eigenvalue weighted by atomic mass is 16.5. The molecule has 1 N–H and O–H groups in total. The van der Waals surface area contributed by atoms with E-state index < -0.39 is 0 Å². The van der Waals surface area contributed by atoms with E-state index in [0.717, 1.165) is 19.3 Å². The number of likely N-dealkylation sites (tertiary alicyclic amines) is 1. The maximum atomic E-state index is 12.7. The molecule has 3 atom stereocenters. The summed E-state index contributed by atoms with van der Waals surface area (Å²) < 4.78 is 5.10. The molecule has 0 aromatic carbocycles. The molecule has 7 nitrogen and oxygen atoms in total. The van der Waals surface area contributed by atoms with E-state index in [1.165, 1.54) is 6.07 Å². The number of hydrogen-bond donors (Lipinski definition) is 1. The third kappa shape index (κ3) is 2.72. The van der Waals surface area contributed by atoms with Gasteiger partial charge in [0.2, 0.25) is 0 Å². The zero-order valence-corrected chi connectivity index (χ0v) is 13.7. The quantitative estimate of drug-likeness (QED) is 0.828. The number of rotatable bonds is 4. The maximum absolute atomic E-state index is 12.7. The Hall–Kier alpha value is -2.18. The van der Waals surface area contributed by atoms with E-state index in [1.54, 1.807) is 11.8 Å². The monoisotopic (exact) mass is 331 g/mol. The van der Waals surface area contributed by atoms with Gasteiger partial charge in [-0.05, 0) is 38.0 Å². The summed E-state index contributed by atoms with van der Waals surface area (Å²) in [5.74, 6) is 0.998. The summed E-state index contributed by atoms with van der Waals surface area (Å²) in [5, 5.41) is 0. The highest BCUT2D eigenvalue weighted by molar-refractivity contribution is 5.92. The molecule has 0 radical (unpaired) electrons. The Balaban J connectivity index is 1.46. The summed E-state index contributed by atoms with van der Waals surface area (Å²) >= 11 is 0. The van der Waals surface area contributed by atoms with Gasteiger partial charge in [0.05, 0.1) is 12.5 Å². The summed E-state index contributed by atoms with van der Waals surface area (Å²) in [5.41, 5.74) is -0.0617. The Morgan fingerprint density at radius 3 is 2.83 bits per heavy atom. The molecular weight excluding hydrogens is 310 g/mol. The highest BCUT2D eigenvalue weighted by Crippen LogP contribution is 2.52. The summed E-state index contributed by atoms with van der Waals surface area (Å²) in [4.78, 5) is 45.2. The normalized spacial score (nSPS) is 28.2. The third-order valence-corrected chi connectivity index (χ3v) is 5.28. The van der Waals surface area contributed by atoms with Crippen LogP contribution in [0.1, 0.15) is 48.4 Å². The van der Waals surface area contributed by atoms with Crippen molar-refractivity contribution < 1.29 is 14.3 Å². The zero-order chi connectivity index (χ0) is 16.8. The molecule has 1 saturated heterocycles. The lowest BCUT2D eigenvalue weighted by Gasteiger charge is -2.25. The third-order valence-electron chi connectivity index (χ3n) is 5.28. The fourth-order valence-electron chi connectivity index (χ4n) is 3.81. The second-order valence-corrected chi connectivity index (χ2v) is 6.94. The molecule has 1 aromatic rings. The molecule has 2 heterocycles. The molecule has 2 aliphatic carbocycles. The van der Waals surface area contributed by atoms with Crippen LogP contribution in [0.25, 0.3) is 0 Å². The number of H-pyrrole nitrogens is 1. The van der Waals surface area contributed by atoms with Crippen LogP contribution in [0.4, 0.5) is 0 Å². The summed E-state index contributed by atoms with van der Waals surface area (Å²) in [7, 11) is 0. The van der Waals surface area contributed by atoms with Crippen LogP contribution >= 0.6 is 0 Å². The molecule has 3 aliphatic rings. The molecule has 1 aromatic heterocycles. The van der Waals surface area contributed by atoms with E-state index in [4.69, 9.17) is 4.74 Å². The predicted molar refractivity (Wildman–Crippen MR) is 84.5 cm³/mol. The zero-order valence-electron chi connectivity index (χ0n) is 13.7. The van der Waals surface area contributed by atoms with Crippen LogP contribution in [0, 0.1) is 17.8 Å². The van der Waals surface area contributed by atoms with Crippen molar-refractivity contribution in [2.45, 2.75) is 32.1 Å². The molecule has 3 fully saturated rings. The second-order valence-electron chi connectivity index (χ2n) is 6.94. The van der Waals surface area contributed by atoms with Crippen molar-refractivity contribution in [3.63, 3.8) is 0 Å². The molecule has 0 spiro atoms. The number of nitrogens with zero attached hydrogens (tertiary/aromatic N) is 2. The average Bonchev–Trinajstić information content (AvgIpc) is 3.46. The van der Waals surface area contributed by atoms with Crippen LogP contribution in [0.2, 0.25) is 0 Å². The van der Waals surface area contributed by atoms with E-state index in [-0.39, 0.29) is 40.9 Å². The number of carbonyl (C=O) groups excluding carboxylic acids is 2. The number of hydrogen-bond acceptors (Lipinski definition) is 5. The standard InChI is InChI=1S/C17H21N3O4/c1-2-24-17(23)14-10-5-6-20(8-11(10)14)16(22)12-7-13(21)19-15(18-12)9-3-4-9/h7,9-11,14H,2-6,8H2,1H3,(H,18,19,21)/t10-,11+,14-/m1/s1. The number of nitrogens with one attached hydrogen (secondary N) is 1. The van der Waals surface area contributed by atoms with E-state index >= 15 is 0 Å². The van der Waals surface area contributed by atoms with Crippen molar-refractivity contribution in [3.05, 3.63) is 27.9 Å². The Kier molecular flexibility index (Phi) is 3.66. The van der Waals surface area contributed by atoms with Crippen molar-refractivity contribution in [1.29, 1.82) is 0 Å². The van der Waals surface area contributed by atoms with E-state index in [1.807, 2.05) is 0 Å². The van der Waals surface area contributed by atoms with Gasteiger partial charge in [-0.15, -0.1) is 0 Å². The number of piperidine rings is 1. The van der Waals surface area contributed by atoms with Crippen LogP contribution in [0.15, 0.2) is 10.9 Å². The first-order valence-electron chi connectivity index (χ1n) is 8.65. The van der Waals surface area contributed by atoms with Gasteiger partial charge in [-0.1, -0.05) is 0 Å². The first kappa shape index (κ1) is 15.4. The molecule has 24 heavy (non-hydrogen) atoms. The molecule has 1 amide bonds. The lowest BCUT2D eigenvalue weighted by Crippen LogP contribution is -2.38. The summed E-state index contributed by atoms with van der Waals surface area (Å²) in [6, 6.07) is 1.27. The fourth-order valence-corrected chi connectivity index (χ4v) is 3.81. The smallest absolute Gasteiger partial charge is 0.309 e. The van der Waals surface area contributed by atoms with Crippen molar-refractivity contribution in [1.82, 2.24) is 14.9 Å². The van der Waals surface area contributed by atoms with E-state index in [2.05, 4.69) is 9.97 Å². The number of esters is 1. The number of aromatic amines is 1. The first-order valence-corrected chi connectivity index (χ1v) is 8.65. The van der Waals surface area contributed by atoms with Gasteiger partial charge in [0, 0.05) is 25.1 Å². The summed E-state index contributed by atoms with van der Waals surface area (Å²) in [6.07, 6.45) is 2.82. The van der Waals surface area contributed by atoms with E-state index in [0.29, 0.717) is 31.4 Å². The largest absolute Gasteiger partial charge is 0.466 e. The van der Waals surface area contributed by atoms with Gasteiger partial charge in [-0.3, -0.25) is 14.4 Å². The van der Waals surface area contributed by atoms with Gasteiger partial charge in [0.1, 0.15) is 11.5 Å². The van der Waals surface area contributed by atoms with Crippen molar-refractivity contribution >= 4 is 11.9 Å². The van der Waals surface area contributed by atoms with Crippen molar-refractivity contribution in [2.75, 3.05) is 19.7 Å². The van der Waals surface area contributed by atoms with Crippen molar-refractivity contribution in [3.8, 4) is 0 Å². The molecule has 7 heteroatoms. The molecule has 128 valence electrons. The second kappa shape index (κ2) is 5.72. The van der Waals surface area contributed by atoms with Crippen LogP contribution < -0.4 is 5.56 Å². The van der Waals surface area contributed by atoms with Gasteiger partial charge in [-0.2, -0.15) is 0 Å². The van der Waals surface area contributed by atoms with E-state index in [9.17, 15) is 14.4 Å². The molecule has 0 unspecified atom stereocenters. The predicted octanol–water partition coefficient (Wildman–Crippen LogP) is 0.918. The Morgan fingerprint density at radius 1 is 1.33 bits per heavy atom. The number of carbonyl (C=O) groups is 2. The van der Waals surface area contributed by atoms with Crippen LogP contribution in [0.5, 0.6) is 0 Å². The Bertz CT molecular complexity index is 740. The van der Waals surface area contributed by atoms with Crippen LogP contribution in [-0.4, -0.2) is 46.4 Å². The Labute approximate surface area is 139 Å². The average molecular weight is 331 g/mol.